The van der Waals surface area contributed by atoms with Crippen molar-refractivity contribution in [1.29, 1.82) is 5.26 Å². The fourth-order valence-electron chi connectivity index (χ4n) is 2.11. The molecule has 0 bridgehead atoms. The number of nitrogens with one attached hydrogen (secondary N) is 1. The van der Waals surface area contributed by atoms with Gasteiger partial charge < -0.3 is 19.6 Å². The van der Waals surface area contributed by atoms with Crippen LogP contribution in [0.2, 0.25) is 0 Å². The molecule has 1 heterocycles. The van der Waals surface area contributed by atoms with Crippen molar-refractivity contribution < 1.29 is 14.6 Å². The number of ether oxygens (including phenoxy) is 2. The Morgan fingerprint density at radius 2 is 2.04 bits per heavy atom. The maximum Gasteiger partial charge on any atom is 0.270 e. The van der Waals surface area contributed by atoms with Gasteiger partial charge in [0.2, 0.25) is 0 Å². The molecule has 0 amide bonds. The first kappa shape index (κ1) is 20.0. The van der Waals surface area contributed by atoms with Crippen molar-refractivity contribution in [2.45, 2.75) is 31.2 Å². The molecule has 1 atom stereocenters. The van der Waals surface area contributed by atoms with E-state index in [4.69, 9.17) is 9.47 Å². The van der Waals surface area contributed by atoms with Gasteiger partial charge in [-0.15, -0.1) is 0 Å². The summed E-state index contributed by atoms with van der Waals surface area (Å²) in [7, 11) is 1.56. The Morgan fingerprint density at radius 1 is 1.35 bits per heavy atom. The van der Waals surface area contributed by atoms with E-state index in [1.54, 1.807) is 31.4 Å². The number of aliphatic hydroxyl groups excluding tert-OH is 1. The highest BCUT2D eigenvalue weighted by molar-refractivity contribution is 7.99. The van der Waals surface area contributed by atoms with Crippen molar-refractivity contribution in [2.24, 2.45) is 0 Å². The van der Waals surface area contributed by atoms with E-state index < -0.39 is 11.7 Å². The molecule has 7 nitrogen and oxygen atoms in total. The van der Waals surface area contributed by atoms with Gasteiger partial charge >= 0.3 is 0 Å². The first-order chi connectivity index (χ1) is 12.4. The summed E-state index contributed by atoms with van der Waals surface area (Å²) in [5, 5.41) is 19.6. The summed E-state index contributed by atoms with van der Waals surface area (Å²) < 4.78 is 10.5. The summed E-state index contributed by atoms with van der Waals surface area (Å²) in [6.07, 6.45) is -0.656. The summed E-state index contributed by atoms with van der Waals surface area (Å²) in [5.74, 6) is 0.976. The van der Waals surface area contributed by atoms with Crippen molar-refractivity contribution >= 4 is 11.8 Å². The Hall–Kier alpha value is -2.34. The van der Waals surface area contributed by atoms with Gasteiger partial charge in [-0.25, -0.2) is 4.98 Å². The zero-order chi connectivity index (χ0) is 19.1. The molecule has 26 heavy (non-hydrogen) atoms. The third kappa shape index (κ3) is 5.33. The Morgan fingerprint density at radius 3 is 2.62 bits per heavy atom. The average molecular weight is 375 g/mol. The van der Waals surface area contributed by atoms with Gasteiger partial charge in [0.1, 0.15) is 17.4 Å². The number of H-pyrrole nitrogens is 1. The standard InChI is InChI=1S/C18H21N3O4S/c1-11(2)25-9-13(22)10-26-18-20-16(15(8-19)17(23)21-18)12-4-6-14(24-3)7-5-12/h4-7,11,13,22H,9-10H2,1-3H3,(H,20,21,23). The lowest BCUT2D eigenvalue weighted by Crippen LogP contribution is -2.21. The number of hydrogen-bond donors (Lipinski definition) is 2. The fraction of sp³-hybridized carbons (Fsp3) is 0.389. The van der Waals surface area contributed by atoms with E-state index in [0.29, 0.717) is 27.9 Å². The average Bonchev–Trinajstić information content (AvgIpc) is 2.64. The zero-order valence-corrected chi connectivity index (χ0v) is 15.7. The van der Waals surface area contributed by atoms with Crippen LogP contribution < -0.4 is 10.3 Å². The minimum Gasteiger partial charge on any atom is -0.497 e. The van der Waals surface area contributed by atoms with E-state index in [1.807, 2.05) is 19.9 Å². The molecule has 1 aromatic carbocycles. The van der Waals surface area contributed by atoms with Crippen LogP contribution in [0.5, 0.6) is 5.75 Å². The van der Waals surface area contributed by atoms with Gasteiger partial charge in [0, 0.05) is 11.3 Å². The van der Waals surface area contributed by atoms with Crippen LogP contribution in [0.4, 0.5) is 0 Å². The Bertz CT molecular complexity index is 828. The fourth-order valence-corrected chi connectivity index (χ4v) is 2.88. The molecule has 0 spiro atoms. The van der Waals surface area contributed by atoms with Crippen LogP contribution in [-0.2, 0) is 4.74 Å². The first-order valence-electron chi connectivity index (χ1n) is 8.06. The summed E-state index contributed by atoms with van der Waals surface area (Å²) in [5.41, 5.74) is 0.375. The molecule has 2 N–H and O–H groups in total. The summed E-state index contributed by atoms with van der Waals surface area (Å²) in [6.45, 7) is 3.98. The number of hydrogen-bond acceptors (Lipinski definition) is 7. The number of nitrogens with zero attached hydrogens (tertiary/aromatic N) is 2. The van der Waals surface area contributed by atoms with E-state index >= 15 is 0 Å². The molecule has 0 saturated heterocycles. The van der Waals surface area contributed by atoms with Gasteiger partial charge in [-0.3, -0.25) is 4.79 Å². The summed E-state index contributed by atoms with van der Waals surface area (Å²) in [6, 6.07) is 8.84. The molecule has 2 aromatic rings. The predicted octanol–water partition coefficient (Wildman–Crippen LogP) is 2.20. The van der Waals surface area contributed by atoms with Crippen LogP contribution in [-0.4, -0.2) is 46.8 Å². The predicted molar refractivity (Wildman–Crippen MR) is 99.4 cm³/mol. The van der Waals surface area contributed by atoms with Crippen LogP contribution in [0.3, 0.4) is 0 Å². The molecule has 0 aliphatic heterocycles. The molecule has 1 aromatic heterocycles. The highest BCUT2D eigenvalue weighted by atomic mass is 32.2. The van der Waals surface area contributed by atoms with Crippen LogP contribution in [0.15, 0.2) is 34.2 Å². The molecule has 0 aliphatic carbocycles. The number of thioether (sulfide) groups is 1. The number of benzene rings is 1. The van der Waals surface area contributed by atoms with Crippen LogP contribution >= 0.6 is 11.8 Å². The highest BCUT2D eigenvalue weighted by Gasteiger charge is 2.15. The quantitative estimate of drug-likeness (QED) is 0.538. The van der Waals surface area contributed by atoms with Crippen molar-refractivity contribution in [3.05, 3.63) is 40.2 Å². The number of aromatic nitrogens is 2. The number of aliphatic hydroxyl groups is 1. The normalized spacial score (nSPS) is 12.0. The Kier molecular flexibility index (Phi) is 7.21. The van der Waals surface area contributed by atoms with Crippen molar-refractivity contribution in [1.82, 2.24) is 9.97 Å². The molecule has 138 valence electrons. The van der Waals surface area contributed by atoms with Gasteiger partial charge in [0.05, 0.1) is 31.6 Å². The van der Waals surface area contributed by atoms with E-state index in [-0.39, 0.29) is 18.3 Å². The Labute approximate surface area is 156 Å². The molecule has 0 aliphatic rings. The van der Waals surface area contributed by atoms with Crippen LogP contribution in [0.25, 0.3) is 11.3 Å². The van der Waals surface area contributed by atoms with Gasteiger partial charge in [-0.1, -0.05) is 11.8 Å². The first-order valence-corrected chi connectivity index (χ1v) is 9.04. The van der Waals surface area contributed by atoms with Crippen LogP contribution in [0.1, 0.15) is 19.4 Å². The minimum atomic E-state index is -0.687. The third-order valence-electron chi connectivity index (χ3n) is 3.41. The molecular weight excluding hydrogens is 354 g/mol. The molecule has 8 heteroatoms. The maximum absolute atomic E-state index is 12.2. The van der Waals surface area contributed by atoms with Gasteiger partial charge in [-0.05, 0) is 38.1 Å². The number of rotatable bonds is 8. The number of aromatic amines is 1. The van der Waals surface area contributed by atoms with E-state index in [0.717, 1.165) is 0 Å². The molecule has 0 radical (unpaired) electrons. The smallest absolute Gasteiger partial charge is 0.270 e. The van der Waals surface area contributed by atoms with Crippen molar-refractivity contribution in [3.63, 3.8) is 0 Å². The van der Waals surface area contributed by atoms with Crippen molar-refractivity contribution in [3.8, 4) is 23.1 Å². The minimum absolute atomic E-state index is 0.0316. The van der Waals surface area contributed by atoms with E-state index in [1.165, 1.54) is 11.8 Å². The highest BCUT2D eigenvalue weighted by Crippen LogP contribution is 2.24. The van der Waals surface area contributed by atoms with E-state index in [9.17, 15) is 15.2 Å². The SMILES string of the molecule is COc1ccc(-c2nc(SCC(O)COC(C)C)[nH]c(=O)c2C#N)cc1. The summed E-state index contributed by atoms with van der Waals surface area (Å²) in [4.78, 5) is 19.2. The number of nitriles is 1. The maximum atomic E-state index is 12.2. The molecule has 2 rings (SSSR count). The molecule has 1 unspecified atom stereocenters. The van der Waals surface area contributed by atoms with Gasteiger partial charge in [-0.2, -0.15) is 5.26 Å². The topological polar surface area (TPSA) is 108 Å². The lowest BCUT2D eigenvalue weighted by Gasteiger charge is -2.13. The van der Waals surface area contributed by atoms with Gasteiger partial charge in [0.25, 0.3) is 5.56 Å². The molecular formula is C18H21N3O4S. The second-order valence-corrected chi connectivity index (χ2v) is 6.79. The lowest BCUT2D eigenvalue weighted by atomic mass is 10.1. The van der Waals surface area contributed by atoms with Crippen LogP contribution in [0, 0.1) is 11.3 Å². The molecule has 0 fully saturated rings. The summed E-state index contributed by atoms with van der Waals surface area (Å²) >= 11 is 1.20. The Balaban J connectivity index is 2.23. The van der Waals surface area contributed by atoms with E-state index in [2.05, 4.69) is 9.97 Å². The monoisotopic (exact) mass is 375 g/mol. The third-order valence-corrected chi connectivity index (χ3v) is 4.43. The largest absolute Gasteiger partial charge is 0.497 e. The second kappa shape index (κ2) is 9.38. The zero-order valence-electron chi connectivity index (χ0n) is 14.9. The molecule has 0 saturated carbocycles. The second-order valence-electron chi connectivity index (χ2n) is 5.78. The van der Waals surface area contributed by atoms with Crippen molar-refractivity contribution in [2.75, 3.05) is 19.5 Å². The lowest BCUT2D eigenvalue weighted by molar-refractivity contribution is 0.0152. The number of methoxy groups -OCH3 is 1. The van der Waals surface area contributed by atoms with Gasteiger partial charge in [0.15, 0.2) is 5.16 Å².